The third-order valence-corrected chi connectivity index (χ3v) is 3.36. The van der Waals surface area contributed by atoms with Crippen LogP contribution in [-0.4, -0.2) is 25.6 Å². The van der Waals surface area contributed by atoms with E-state index in [-0.39, 0.29) is 0 Å². The van der Waals surface area contributed by atoms with Gasteiger partial charge in [0.1, 0.15) is 6.33 Å². The molecule has 5 heteroatoms. The van der Waals surface area contributed by atoms with Crippen LogP contribution in [0.2, 0.25) is 0 Å². The summed E-state index contributed by atoms with van der Waals surface area (Å²) in [5, 5.41) is 11.5. The molecule has 0 radical (unpaired) electrons. The zero-order valence-corrected chi connectivity index (χ0v) is 10.0. The molecule has 0 spiro atoms. The van der Waals surface area contributed by atoms with E-state index in [1.54, 1.807) is 12.5 Å². The molecule has 0 aromatic carbocycles. The Morgan fingerprint density at radius 2 is 2.41 bits per heavy atom. The predicted octanol–water partition coefficient (Wildman–Crippen LogP) is 2.11. The predicted molar refractivity (Wildman–Crippen MR) is 65.8 cm³/mol. The van der Waals surface area contributed by atoms with E-state index in [9.17, 15) is 0 Å². The van der Waals surface area contributed by atoms with E-state index in [0.29, 0.717) is 6.04 Å². The van der Waals surface area contributed by atoms with Crippen molar-refractivity contribution in [2.75, 3.05) is 5.32 Å². The van der Waals surface area contributed by atoms with Crippen LogP contribution >= 0.6 is 0 Å². The van der Waals surface area contributed by atoms with Crippen molar-refractivity contribution in [2.45, 2.75) is 38.6 Å². The maximum atomic E-state index is 4.36. The molecule has 2 heterocycles. The standard InChI is InChI=1S/C12H17N5/c1-2-10(7-9-3-4-9)15-11-12-16-14-8-17(12)6-5-13-11/h5-6,8-10H,2-4,7H2,1H3,(H,13,15). The van der Waals surface area contributed by atoms with Crippen molar-refractivity contribution < 1.29 is 0 Å². The molecule has 1 unspecified atom stereocenters. The Morgan fingerprint density at radius 3 is 3.18 bits per heavy atom. The lowest BCUT2D eigenvalue weighted by atomic mass is 10.1. The number of anilines is 1. The topological polar surface area (TPSA) is 55.1 Å². The molecule has 17 heavy (non-hydrogen) atoms. The van der Waals surface area contributed by atoms with Gasteiger partial charge in [-0.05, 0) is 18.8 Å². The first-order chi connectivity index (χ1) is 8.36. The zero-order valence-electron chi connectivity index (χ0n) is 10.0. The second kappa shape index (κ2) is 4.31. The van der Waals surface area contributed by atoms with Gasteiger partial charge >= 0.3 is 0 Å². The minimum absolute atomic E-state index is 0.498. The van der Waals surface area contributed by atoms with Crippen LogP contribution in [0.3, 0.4) is 0 Å². The number of nitrogens with one attached hydrogen (secondary N) is 1. The Bertz CT molecular complexity index is 502. The molecule has 90 valence electrons. The van der Waals surface area contributed by atoms with E-state index in [1.807, 2.05) is 10.6 Å². The smallest absolute Gasteiger partial charge is 0.203 e. The molecule has 1 N–H and O–H groups in total. The summed E-state index contributed by atoms with van der Waals surface area (Å²) in [5.74, 6) is 1.77. The molecule has 1 aliphatic carbocycles. The highest BCUT2D eigenvalue weighted by Crippen LogP contribution is 2.34. The number of aromatic nitrogens is 4. The molecule has 1 saturated carbocycles. The van der Waals surface area contributed by atoms with Crippen molar-refractivity contribution in [3.63, 3.8) is 0 Å². The van der Waals surface area contributed by atoms with Gasteiger partial charge in [-0.1, -0.05) is 19.8 Å². The van der Waals surface area contributed by atoms with E-state index in [2.05, 4.69) is 27.4 Å². The summed E-state index contributed by atoms with van der Waals surface area (Å²) in [7, 11) is 0. The summed E-state index contributed by atoms with van der Waals surface area (Å²) in [4.78, 5) is 4.36. The summed E-state index contributed by atoms with van der Waals surface area (Å²) in [6.07, 6.45) is 10.5. The molecule has 5 nitrogen and oxygen atoms in total. The summed E-state index contributed by atoms with van der Waals surface area (Å²) in [6, 6.07) is 0.498. The van der Waals surface area contributed by atoms with Crippen molar-refractivity contribution in [3.05, 3.63) is 18.7 Å². The summed E-state index contributed by atoms with van der Waals surface area (Å²) >= 11 is 0. The van der Waals surface area contributed by atoms with Crippen LogP contribution in [0.15, 0.2) is 18.7 Å². The maximum absolute atomic E-state index is 4.36. The molecule has 1 fully saturated rings. The van der Waals surface area contributed by atoms with Crippen LogP contribution in [-0.2, 0) is 0 Å². The summed E-state index contributed by atoms with van der Waals surface area (Å²) in [6.45, 7) is 2.21. The molecule has 2 aromatic rings. The lowest BCUT2D eigenvalue weighted by Gasteiger charge is -2.17. The molecule has 0 saturated heterocycles. The second-order valence-electron chi connectivity index (χ2n) is 4.77. The Balaban J connectivity index is 1.79. The molecular weight excluding hydrogens is 214 g/mol. The first-order valence-corrected chi connectivity index (χ1v) is 6.27. The monoisotopic (exact) mass is 231 g/mol. The summed E-state index contributed by atoms with van der Waals surface area (Å²) < 4.78 is 1.89. The van der Waals surface area contributed by atoms with E-state index in [1.165, 1.54) is 19.3 Å². The third kappa shape index (κ3) is 2.23. The van der Waals surface area contributed by atoms with Gasteiger partial charge in [-0.3, -0.25) is 4.40 Å². The van der Waals surface area contributed by atoms with Gasteiger partial charge in [0.2, 0.25) is 5.65 Å². The van der Waals surface area contributed by atoms with Gasteiger partial charge in [-0.2, -0.15) is 0 Å². The minimum atomic E-state index is 0.498. The van der Waals surface area contributed by atoms with Crippen LogP contribution in [0, 0.1) is 5.92 Å². The maximum Gasteiger partial charge on any atom is 0.203 e. The van der Waals surface area contributed by atoms with Gasteiger partial charge in [0.05, 0.1) is 0 Å². The first kappa shape index (κ1) is 10.5. The molecule has 0 amide bonds. The number of rotatable bonds is 5. The Morgan fingerprint density at radius 1 is 1.53 bits per heavy atom. The van der Waals surface area contributed by atoms with Crippen LogP contribution in [0.4, 0.5) is 5.82 Å². The highest BCUT2D eigenvalue weighted by atomic mass is 15.2. The van der Waals surface area contributed by atoms with Crippen molar-refractivity contribution in [2.24, 2.45) is 5.92 Å². The zero-order chi connectivity index (χ0) is 11.7. The Labute approximate surface area is 100 Å². The van der Waals surface area contributed by atoms with Gasteiger partial charge in [0.25, 0.3) is 0 Å². The highest BCUT2D eigenvalue weighted by Gasteiger charge is 2.25. The highest BCUT2D eigenvalue weighted by molar-refractivity contribution is 5.61. The number of hydrogen-bond acceptors (Lipinski definition) is 4. The Hall–Kier alpha value is -1.65. The van der Waals surface area contributed by atoms with Crippen molar-refractivity contribution in [1.82, 2.24) is 19.6 Å². The second-order valence-corrected chi connectivity index (χ2v) is 4.77. The molecule has 2 aromatic heterocycles. The van der Waals surface area contributed by atoms with E-state index < -0.39 is 0 Å². The first-order valence-electron chi connectivity index (χ1n) is 6.27. The number of hydrogen-bond donors (Lipinski definition) is 1. The Kier molecular flexibility index (Phi) is 2.66. The molecule has 0 aliphatic heterocycles. The molecular formula is C12H17N5. The van der Waals surface area contributed by atoms with Crippen molar-refractivity contribution >= 4 is 11.5 Å². The molecule has 1 atom stereocenters. The molecule has 1 aliphatic rings. The van der Waals surface area contributed by atoms with Crippen molar-refractivity contribution in [3.8, 4) is 0 Å². The number of fused-ring (bicyclic) bond motifs is 1. The lowest BCUT2D eigenvalue weighted by molar-refractivity contribution is 0.585. The average molecular weight is 231 g/mol. The SMILES string of the molecule is CCC(CC1CC1)Nc1nccn2cnnc12. The number of nitrogens with zero attached hydrogens (tertiary/aromatic N) is 4. The summed E-state index contributed by atoms with van der Waals surface area (Å²) in [5.41, 5.74) is 0.807. The average Bonchev–Trinajstić information content (AvgIpc) is 3.03. The normalized spacial score (nSPS) is 17.2. The van der Waals surface area contributed by atoms with Crippen LogP contribution in [0.25, 0.3) is 5.65 Å². The molecule has 0 bridgehead atoms. The van der Waals surface area contributed by atoms with E-state index in [0.717, 1.165) is 23.8 Å². The third-order valence-electron chi connectivity index (χ3n) is 3.36. The van der Waals surface area contributed by atoms with Gasteiger partial charge in [-0.25, -0.2) is 4.98 Å². The fraction of sp³-hybridized carbons (Fsp3) is 0.583. The largest absolute Gasteiger partial charge is 0.364 e. The van der Waals surface area contributed by atoms with Crippen LogP contribution < -0.4 is 5.32 Å². The quantitative estimate of drug-likeness (QED) is 0.856. The minimum Gasteiger partial charge on any atom is -0.364 e. The van der Waals surface area contributed by atoms with Gasteiger partial charge in [-0.15, -0.1) is 10.2 Å². The lowest BCUT2D eigenvalue weighted by Crippen LogP contribution is -2.20. The van der Waals surface area contributed by atoms with Crippen LogP contribution in [0.5, 0.6) is 0 Å². The van der Waals surface area contributed by atoms with Crippen LogP contribution in [0.1, 0.15) is 32.6 Å². The fourth-order valence-electron chi connectivity index (χ4n) is 2.14. The van der Waals surface area contributed by atoms with Gasteiger partial charge in [0.15, 0.2) is 5.82 Å². The van der Waals surface area contributed by atoms with E-state index in [4.69, 9.17) is 0 Å². The van der Waals surface area contributed by atoms with Gasteiger partial charge < -0.3 is 5.32 Å². The van der Waals surface area contributed by atoms with Gasteiger partial charge in [0, 0.05) is 18.4 Å². The molecule has 3 rings (SSSR count). The van der Waals surface area contributed by atoms with E-state index >= 15 is 0 Å². The fourth-order valence-corrected chi connectivity index (χ4v) is 2.14. The van der Waals surface area contributed by atoms with Crippen molar-refractivity contribution in [1.29, 1.82) is 0 Å².